The number of hydrogen-bond acceptors (Lipinski definition) is 5. The highest BCUT2D eigenvalue weighted by Gasteiger charge is 2.27. The van der Waals surface area contributed by atoms with E-state index in [1.54, 1.807) is 13.0 Å². The minimum Gasteiger partial charge on any atom is -0.338 e. The molecule has 2 heterocycles. The van der Waals surface area contributed by atoms with Crippen molar-refractivity contribution in [2.24, 2.45) is 5.92 Å². The molecule has 0 spiro atoms. The number of pyridine rings is 1. The van der Waals surface area contributed by atoms with Crippen LogP contribution in [0.4, 0.5) is 10.6 Å². The minimum absolute atomic E-state index is 0.0908. The van der Waals surface area contributed by atoms with Crippen molar-refractivity contribution in [3.05, 3.63) is 23.9 Å². The maximum Gasteiger partial charge on any atom is 0.321 e. The molecule has 1 fully saturated rings. The van der Waals surface area contributed by atoms with Crippen LogP contribution in [0.25, 0.3) is 0 Å². The number of rotatable bonds is 5. The van der Waals surface area contributed by atoms with Crippen molar-refractivity contribution >= 4 is 23.7 Å². The highest BCUT2D eigenvalue weighted by Crippen LogP contribution is 2.18. The second-order valence-electron chi connectivity index (χ2n) is 6.14. The van der Waals surface area contributed by atoms with E-state index < -0.39 is 6.03 Å². The number of urea groups is 1. The Morgan fingerprint density at radius 1 is 1.32 bits per heavy atom. The fourth-order valence-corrected chi connectivity index (χ4v) is 2.83. The number of nitrogens with zero attached hydrogens (tertiary/aromatic N) is 2. The lowest BCUT2D eigenvalue weighted by molar-refractivity contribution is -0.125. The molecule has 1 aliphatic rings. The van der Waals surface area contributed by atoms with Crippen LogP contribution < -0.4 is 16.0 Å². The van der Waals surface area contributed by atoms with Gasteiger partial charge in [0.25, 0.3) is 0 Å². The Hall–Kier alpha value is -2.48. The first-order valence-corrected chi connectivity index (χ1v) is 8.52. The summed E-state index contributed by atoms with van der Waals surface area (Å²) in [6.07, 6.45) is 1.60. The molecule has 1 saturated heterocycles. The highest BCUT2D eigenvalue weighted by molar-refractivity contribution is 5.95. The van der Waals surface area contributed by atoms with Crippen LogP contribution in [0.2, 0.25) is 0 Å². The molecular weight excluding hydrogens is 322 g/mol. The van der Waals surface area contributed by atoms with Crippen molar-refractivity contribution in [3.63, 3.8) is 0 Å². The van der Waals surface area contributed by atoms with Crippen LogP contribution in [-0.4, -0.2) is 53.9 Å². The molecular formula is C17H25N5O3. The first kappa shape index (κ1) is 18.9. The summed E-state index contributed by atoms with van der Waals surface area (Å²) in [5.41, 5.74) is 0.838. The Labute approximate surface area is 147 Å². The largest absolute Gasteiger partial charge is 0.338 e. The van der Waals surface area contributed by atoms with E-state index in [4.69, 9.17) is 0 Å². The summed E-state index contributed by atoms with van der Waals surface area (Å²) in [5.74, 6) is -0.122. The third kappa shape index (κ3) is 6.15. The van der Waals surface area contributed by atoms with E-state index in [0.717, 1.165) is 25.1 Å². The maximum atomic E-state index is 12.4. The normalized spacial score (nSPS) is 17.6. The number of likely N-dealkylation sites (tertiary alicyclic amines) is 1. The van der Waals surface area contributed by atoms with Gasteiger partial charge < -0.3 is 10.6 Å². The van der Waals surface area contributed by atoms with Gasteiger partial charge in [0.05, 0.1) is 12.5 Å². The van der Waals surface area contributed by atoms with E-state index in [-0.39, 0.29) is 24.3 Å². The van der Waals surface area contributed by atoms with Gasteiger partial charge in [-0.25, -0.2) is 9.78 Å². The minimum atomic E-state index is -0.496. The standard InChI is InChI=1S/C17H25N5O3/c1-3-18-17(25)21-15(23)11-22-9-5-7-13(10-22)16(24)20-14-8-4-6-12(2)19-14/h4,6,8,13H,3,5,7,9-11H2,1-2H3,(H,19,20,24)(H2,18,21,23,25). The van der Waals surface area contributed by atoms with Gasteiger partial charge in [0.15, 0.2) is 0 Å². The second kappa shape index (κ2) is 9.12. The van der Waals surface area contributed by atoms with E-state index in [1.807, 2.05) is 24.0 Å². The van der Waals surface area contributed by atoms with Gasteiger partial charge in [-0.05, 0) is 45.4 Å². The first-order chi connectivity index (χ1) is 12.0. The molecule has 1 unspecified atom stereocenters. The molecule has 136 valence electrons. The van der Waals surface area contributed by atoms with Gasteiger partial charge in [-0.2, -0.15) is 0 Å². The molecule has 8 nitrogen and oxygen atoms in total. The summed E-state index contributed by atoms with van der Waals surface area (Å²) in [5, 5.41) is 7.62. The molecule has 8 heteroatoms. The van der Waals surface area contributed by atoms with Crippen LogP contribution in [0.1, 0.15) is 25.5 Å². The van der Waals surface area contributed by atoms with E-state index in [1.165, 1.54) is 0 Å². The summed E-state index contributed by atoms with van der Waals surface area (Å²) in [4.78, 5) is 41.8. The molecule has 0 aliphatic carbocycles. The van der Waals surface area contributed by atoms with Crippen LogP contribution in [0.15, 0.2) is 18.2 Å². The van der Waals surface area contributed by atoms with Gasteiger partial charge >= 0.3 is 6.03 Å². The fourth-order valence-electron chi connectivity index (χ4n) is 2.83. The van der Waals surface area contributed by atoms with Gasteiger partial charge in [0.2, 0.25) is 11.8 Å². The van der Waals surface area contributed by atoms with Gasteiger partial charge in [0, 0.05) is 18.8 Å². The molecule has 1 aromatic heterocycles. The molecule has 0 bridgehead atoms. The van der Waals surface area contributed by atoms with Gasteiger partial charge in [-0.15, -0.1) is 0 Å². The van der Waals surface area contributed by atoms with Gasteiger partial charge in [0.1, 0.15) is 5.82 Å². The lowest BCUT2D eigenvalue weighted by atomic mass is 9.97. The molecule has 4 amide bonds. The Bertz CT molecular complexity index is 634. The Morgan fingerprint density at radius 2 is 2.12 bits per heavy atom. The van der Waals surface area contributed by atoms with Crippen molar-refractivity contribution < 1.29 is 14.4 Å². The molecule has 0 saturated carbocycles. The lowest BCUT2D eigenvalue weighted by Gasteiger charge is -2.31. The van der Waals surface area contributed by atoms with Crippen molar-refractivity contribution in [1.29, 1.82) is 0 Å². The quantitative estimate of drug-likeness (QED) is 0.734. The van der Waals surface area contributed by atoms with Gasteiger partial charge in [-0.3, -0.25) is 19.8 Å². The number of nitrogens with one attached hydrogen (secondary N) is 3. The third-order valence-corrected chi connectivity index (χ3v) is 3.97. The maximum absolute atomic E-state index is 12.4. The topological polar surface area (TPSA) is 103 Å². The average molecular weight is 347 g/mol. The number of aryl methyl sites for hydroxylation is 1. The zero-order valence-electron chi connectivity index (χ0n) is 14.7. The molecule has 25 heavy (non-hydrogen) atoms. The first-order valence-electron chi connectivity index (χ1n) is 8.52. The smallest absolute Gasteiger partial charge is 0.321 e. The monoisotopic (exact) mass is 347 g/mol. The average Bonchev–Trinajstić information content (AvgIpc) is 2.55. The van der Waals surface area contributed by atoms with E-state index in [9.17, 15) is 14.4 Å². The van der Waals surface area contributed by atoms with Gasteiger partial charge in [-0.1, -0.05) is 6.07 Å². The van der Waals surface area contributed by atoms with Crippen LogP contribution in [0.3, 0.4) is 0 Å². The molecule has 0 radical (unpaired) electrons. The lowest BCUT2D eigenvalue weighted by Crippen LogP contribution is -2.48. The predicted molar refractivity (Wildman–Crippen MR) is 94.0 cm³/mol. The molecule has 3 N–H and O–H groups in total. The van der Waals surface area contributed by atoms with Crippen molar-refractivity contribution in [1.82, 2.24) is 20.5 Å². The summed E-state index contributed by atoms with van der Waals surface area (Å²) in [6.45, 7) is 5.42. The number of imide groups is 1. The van der Waals surface area contributed by atoms with Crippen LogP contribution in [0, 0.1) is 12.8 Å². The summed E-state index contributed by atoms with van der Waals surface area (Å²) in [7, 11) is 0. The van der Waals surface area contributed by atoms with Crippen LogP contribution in [0.5, 0.6) is 0 Å². The van der Waals surface area contributed by atoms with Crippen molar-refractivity contribution in [3.8, 4) is 0 Å². The highest BCUT2D eigenvalue weighted by atomic mass is 16.2. The molecule has 2 rings (SSSR count). The second-order valence-corrected chi connectivity index (χ2v) is 6.14. The summed E-state index contributed by atoms with van der Waals surface area (Å²) in [6, 6.07) is 4.97. The van der Waals surface area contributed by atoms with Crippen molar-refractivity contribution in [2.45, 2.75) is 26.7 Å². The Kier molecular flexibility index (Phi) is 6.88. The molecule has 0 aromatic carbocycles. The Morgan fingerprint density at radius 3 is 2.84 bits per heavy atom. The zero-order chi connectivity index (χ0) is 18.2. The van der Waals surface area contributed by atoms with E-state index >= 15 is 0 Å². The third-order valence-electron chi connectivity index (χ3n) is 3.97. The number of carbonyl (C=O) groups excluding carboxylic acids is 3. The number of hydrogen-bond donors (Lipinski definition) is 3. The van der Waals surface area contributed by atoms with Crippen molar-refractivity contribution in [2.75, 3.05) is 31.5 Å². The van der Waals surface area contributed by atoms with Crippen LogP contribution in [-0.2, 0) is 9.59 Å². The van der Waals surface area contributed by atoms with E-state index in [2.05, 4.69) is 20.9 Å². The zero-order valence-corrected chi connectivity index (χ0v) is 14.7. The Balaban J connectivity index is 1.84. The van der Waals surface area contributed by atoms with Crippen LogP contribution >= 0.6 is 0 Å². The number of carbonyl (C=O) groups is 3. The SMILES string of the molecule is CCNC(=O)NC(=O)CN1CCCC(C(=O)Nc2cccc(C)n2)C1. The number of anilines is 1. The van der Waals surface area contributed by atoms with E-state index in [0.29, 0.717) is 18.9 Å². The molecule has 1 aliphatic heterocycles. The molecule has 1 aromatic rings. The predicted octanol–water partition coefficient (Wildman–Crippen LogP) is 0.886. The number of piperidine rings is 1. The summed E-state index contributed by atoms with van der Waals surface area (Å²) < 4.78 is 0. The molecule has 1 atom stereocenters. The fraction of sp³-hybridized carbons (Fsp3) is 0.529. The number of aromatic nitrogens is 1. The number of amides is 4. The summed E-state index contributed by atoms with van der Waals surface area (Å²) >= 11 is 0.